The maximum Gasteiger partial charge on any atom is 0.274 e. The highest BCUT2D eigenvalue weighted by Gasteiger charge is 2.35. The summed E-state index contributed by atoms with van der Waals surface area (Å²) in [4.78, 5) is 34.8. The summed E-state index contributed by atoms with van der Waals surface area (Å²) in [6, 6.07) is 4.53. The maximum atomic E-state index is 11.9. The van der Waals surface area contributed by atoms with Crippen molar-refractivity contribution in [3.8, 4) is 0 Å². The maximum absolute atomic E-state index is 11.9. The van der Waals surface area contributed by atoms with E-state index in [2.05, 4.69) is 0 Å². The van der Waals surface area contributed by atoms with Crippen LogP contribution >= 0.6 is 0 Å². The molecule has 100 valence electrons. The average Bonchev–Trinajstić information content (AvgIpc) is 2.71. The Hall–Kier alpha value is -2.44. The fourth-order valence-corrected chi connectivity index (χ4v) is 2.23. The van der Waals surface area contributed by atoms with E-state index in [4.69, 9.17) is 5.73 Å². The molecule has 1 aromatic rings. The minimum atomic E-state index is -0.536. The Bertz CT molecular complexity index is 570. The predicted octanol–water partition coefficient (Wildman–Crippen LogP) is 0.741. The van der Waals surface area contributed by atoms with Crippen molar-refractivity contribution in [1.82, 2.24) is 0 Å². The van der Waals surface area contributed by atoms with Gasteiger partial charge in [-0.05, 0) is 13.0 Å². The van der Waals surface area contributed by atoms with E-state index in [0.29, 0.717) is 11.3 Å². The van der Waals surface area contributed by atoms with E-state index in [1.807, 2.05) is 0 Å². The Morgan fingerprint density at radius 3 is 2.74 bits per heavy atom. The van der Waals surface area contributed by atoms with Crippen molar-refractivity contribution < 1.29 is 14.5 Å². The second-order valence-corrected chi connectivity index (χ2v) is 4.49. The molecule has 0 spiro atoms. The Kier molecular flexibility index (Phi) is 3.20. The normalized spacial score (nSPS) is 18.7. The third kappa shape index (κ3) is 2.26. The van der Waals surface area contributed by atoms with Crippen molar-refractivity contribution >= 4 is 23.2 Å². The summed E-state index contributed by atoms with van der Waals surface area (Å²) in [6.45, 7) is 1.76. The zero-order valence-electron chi connectivity index (χ0n) is 10.3. The van der Waals surface area contributed by atoms with Crippen LogP contribution < -0.4 is 10.6 Å². The van der Waals surface area contributed by atoms with E-state index in [1.165, 1.54) is 17.0 Å². The summed E-state index contributed by atoms with van der Waals surface area (Å²) in [5.41, 5.74) is 6.01. The van der Waals surface area contributed by atoms with E-state index in [-0.39, 0.29) is 24.6 Å². The molecule has 2 rings (SSSR count). The second-order valence-electron chi connectivity index (χ2n) is 4.49. The quantitative estimate of drug-likeness (QED) is 0.641. The van der Waals surface area contributed by atoms with Gasteiger partial charge >= 0.3 is 0 Å². The van der Waals surface area contributed by atoms with Crippen LogP contribution in [0.1, 0.15) is 12.0 Å². The van der Waals surface area contributed by atoms with Gasteiger partial charge in [0, 0.05) is 19.0 Å². The van der Waals surface area contributed by atoms with Gasteiger partial charge in [-0.1, -0.05) is 6.07 Å². The van der Waals surface area contributed by atoms with E-state index in [1.54, 1.807) is 13.0 Å². The molecule has 1 atom stereocenters. The third-order valence-corrected chi connectivity index (χ3v) is 3.29. The molecule has 2 N–H and O–H groups in total. The smallest absolute Gasteiger partial charge is 0.274 e. The van der Waals surface area contributed by atoms with Crippen LogP contribution in [0.2, 0.25) is 0 Å². The molecule has 0 aliphatic carbocycles. The van der Waals surface area contributed by atoms with Crippen molar-refractivity contribution in [2.24, 2.45) is 11.7 Å². The van der Waals surface area contributed by atoms with Gasteiger partial charge in [0.15, 0.2) is 0 Å². The number of primary amides is 1. The van der Waals surface area contributed by atoms with E-state index < -0.39 is 16.7 Å². The standard InChI is InChI=1S/C12H13N3O4/c1-7-9(3-2-4-10(7)15(18)19)14-6-8(12(13)17)5-11(14)16/h2-4,8H,5-6H2,1H3,(H2,13,17)/t8-/m0/s1. The number of amides is 2. The third-order valence-electron chi connectivity index (χ3n) is 3.29. The van der Waals surface area contributed by atoms with Crippen LogP contribution in [0, 0.1) is 23.0 Å². The first-order valence-electron chi connectivity index (χ1n) is 5.75. The number of anilines is 1. The Morgan fingerprint density at radius 1 is 1.53 bits per heavy atom. The average molecular weight is 263 g/mol. The molecule has 0 bridgehead atoms. The van der Waals surface area contributed by atoms with Gasteiger partial charge in [-0.2, -0.15) is 0 Å². The van der Waals surface area contributed by atoms with Gasteiger partial charge in [-0.3, -0.25) is 19.7 Å². The van der Waals surface area contributed by atoms with Crippen molar-refractivity contribution in [1.29, 1.82) is 0 Å². The van der Waals surface area contributed by atoms with Crippen molar-refractivity contribution in [2.75, 3.05) is 11.4 Å². The van der Waals surface area contributed by atoms with E-state index >= 15 is 0 Å². The Balaban J connectivity index is 2.38. The number of benzene rings is 1. The predicted molar refractivity (Wildman–Crippen MR) is 67.5 cm³/mol. The van der Waals surface area contributed by atoms with Crippen LogP contribution in [0.25, 0.3) is 0 Å². The molecular formula is C12H13N3O4. The van der Waals surface area contributed by atoms with Crippen LogP contribution in [0.15, 0.2) is 18.2 Å². The van der Waals surface area contributed by atoms with Crippen molar-refractivity contribution in [2.45, 2.75) is 13.3 Å². The summed E-state index contributed by atoms with van der Waals surface area (Å²) in [5, 5.41) is 10.9. The van der Waals surface area contributed by atoms with Gasteiger partial charge in [0.25, 0.3) is 5.69 Å². The summed E-state index contributed by atoms with van der Waals surface area (Å²) in [5.74, 6) is -1.31. The largest absolute Gasteiger partial charge is 0.369 e. The number of hydrogen-bond donors (Lipinski definition) is 1. The molecule has 0 saturated carbocycles. The van der Waals surface area contributed by atoms with Gasteiger partial charge in [-0.25, -0.2) is 0 Å². The summed E-state index contributed by atoms with van der Waals surface area (Å²) in [6.07, 6.45) is 0.0530. The minimum Gasteiger partial charge on any atom is -0.369 e. The first kappa shape index (κ1) is 13.0. The molecule has 0 radical (unpaired) electrons. The second kappa shape index (κ2) is 4.68. The zero-order chi connectivity index (χ0) is 14.2. The molecule has 0 aromatic heterocycles. The number of nitro groups is 1. The number of nitrogens with zero attached hydrogens (tertiary/aromatic N) is 2. The topological polar surface area (TPSA) is 107 Å². The lowest BCUT2D eigenvalue weighted by Crippen LogP contribution is -2.28. The van der Waals surface area contributed by atoms with Gasteiger partial charge in [0.1, 0.15) is 0 Å². The summed E-state index contributed by atoms with van der Waals surface area (Å²) >= 11 is 0. The number of carbonyl (C=O) groups is 2. The molecule has 1 heterocycles. The highest BCUT2D eigenvalue weighted by atomic mass is 16.6. The minimum absolute atomic E-state index is 0.0483. The number of nitro benzene ring substituents is 1. The molecular weight excluding hydrogens is 250 g/mol. The van der Waals surface area contributed by atoms with Crippen LogP contribution in [0.4, 0.5) is 11.4 Å². The van der Waals surface area contributed by atoms with Crippen LogP contribution in [0.5, 0.6) is 0 Å². The molecule has 1 aliphatic heterocycles. The van der Waals surface area contributed by atoms with Crippen LogP contribution in [-0.2, 0) is 9.59 Å². The first-order valence-corrected chi connectivity index (χ1v) is 5.75. The van der Waals surface area contributed by atoms with E-state index in [9.17, 15) is 19.7 Å². The fourth-order valence-electron chi connectivity index (χ4n) is 2.23. The highest BCUT2D eigenvalue weighted by Crippen LogP contribution is 2.32. The molecule has 1 aromatic carbocycles. The number of nitrogens with two attached hydrogens (primary N) is 1. The lowest BCUT2D eigenvalue weighted by molar-refractivity contribution is -0.385. The highest BCUT2D eigenvalue weighted by molar-refractivity contribution is 6.00. The van der Waals surface area contributed by atoms with Gasteiger partial charge in [0.2, 0.25) is 11.8 Å². The zero-order valence-corrected chi connectivity index (χ0v) is 10.3. The van der Waals surface area contributed by atoms with Gasteiger partial charge < -0.3 is 10.6 Å². The molecule has 7 heteroatoms. The van der Waals surface area contributed by atoms with Gasteiger partial charge in [0.05, 0.1) is 22.1 Å². The molecule has 0 unspecified atom stereocenters. The summed E-state index contributed by atoms with van der Waals surface area (Å²) < 4.78 is 0. The molecule has 2 amide bonds. The number of rotatable bonds is 3. The van der Waals surface area contributed by atoms with Gasteiger partial charge in [-0.15, -0.1) is 0 Å². The van der Waals surface area contributed by atoms with Crippen molar-refractivity contribution in [3.63, 3.8) is 0 Å². The molecule has 1 fully saturated rings. The van der Waals surface area contributed by atoms with Crippen LogP contribution in [-0.4, -0.2) is 23.3 Å². The van der Waals surface area contributed by atoms with Crippen molar-refractivity contribution in [3.05, 3.63) is 33.9 Å². The molecule has 19 heavy (non-hydrogen) atoms. The first-order chi connectivity index (χ1) is 8.91. The Labute approximate surface area is 109 Å². The Morgan fingerprint density at radius 2 is 2.21 bits per heavy atom. The lowest BCUT2D eigenvalue weighted by atomic mass is 10.1. The summed E-state index contributed by atoms with van der Waals surface area (Å²) in [7, 11) is 0. The monoisotopic (exact) mass is 263 g/mol. The van der Waals surface area contributed by atoms with E-state index in [0.717, 1.165) is 0 Å². The molecule has 1 saturated heterocycles. The fraction of sp³-hybridized carbons (Fsp3) is 0.333. The molecule has 1 aliphatic rings. The SMILES string of the molecule is Cc1c(N2C[C@@H](C(N)=O)CC2=O)cccc1[N+](=O)[O-]. The lowest BCUT2D eigenvalue weighted by Gasteiger charge is -2.18. The van der Waals surface area contributed by atoms with Crippen LogP contribution in [0.3, 0.4) is 0 Å². The number of carbonyl (C=O) groups excluding carboxylic acids is 2. The number of hydrogen-bond acceptors (Lipinski definition) is 4. The molecule has 7 nitrogen and oxygen atoms in total.